The van der Waals surface area contributed by atoms with Crippen LogP contribution in [-0.4, -0.2) is 21.2 Å². The minimum absolute atomic E-state index is 0.0511. The smallest absolute Gasteiger partial charge is 0.257 e. The Hall–Kier alpha value is -2.82. The first-order valence-electron chi connectivity index (χ1n) is 6.18. The Labute approximate surface area is 115 Å². The number of anilines is 1. The number of H-pyrrole nitrogens is 1. The maximum Gasteiger partial charge on any atom is 0.257 e. The van der Waals surface area contributed by atoms with Crippen molar-refractivity contribution in [3.8, 4) is 5.75 Å². The molecule has 20 heavy (non-hydrogen) atoms. The number of amides is 1. The lowest BCUT2D eigenvalue weighted by Crippen LogP contribution is -2.12. The van der Waals surface area contributed by atoms with E-state index in [0.29, 0.717) is 16.8 Å². The molecule has 0 radical (unpaired) electrons. The molecule has 0 aliphatic heterocycles. The molecule has 5 nitrogen and oxygen atoms in total. The number of fused-ring (bicyclic) bond motifs is 1. The lowest BCUT2D eigenvalue weighted by molar-refractivity contribution is 0.102. The van der Waals surface area contributed by atoms with Crippen LogP contribution in [0.2, 0.25) is 0 Å². The van der Waals surface area contributed by atoms with E-state index in [1.54, 1.807) is 30.5 Å². The van der Waals surface area contributed by atoms with Crippen molar-refractivity contribution in [2.45, 2.75) is 6.92 Å². The number of nitrogens with one attached hydrogen (secondary N) is 2. The fourth-order valence-electron chi connectivity index (χ4n) is 2.10. The van der Waals surface area contributed by atoms with Crippen LogP contribution in [0.1, 0.15) is 15.9 Å². The SMILES string of the molecule is Cc1ccc(NC(=O)c2cccc3cn[nH]c23)c(O)c1. The molecule has 3 rings (SSSR count). The third-order valence-corrected chi connectivity index (χ3v) is 3.12. The topological polar surface area (TPSA) is 78.0 Å². The number of aromatic nitrogens is 2. The highest BCUT2D eigenvalue weighted by Crippen LogP contribution is 2.25. The second kappa shape index (κ2) is 4.70. The van der Waals surface area contributed by atoms with E-state index in [1.165, 1.54) is 0 Å². The summed E-state index contributed by atoms with van der Waals surface area (Å²) in [5.41, 5.74) is 2.48. The van der Waals surface area contributed by atoms with Gasteiger partial charge in [-0.05, 0) is 30.7 Å². The number of carbonyl (C=O) groups excluding carboxylic acids is 1. The van der Waals surface area contributed by atoms with Crippen LogP contribution in [0, 0.1) is 6.92 Å². The summed E-state index contributed by atoms with van der Waals surface area (Å²) in [5, 5.41) is 20.1. The summed E-state index contributed by atoms with van der Waals surface area (Å²) in [6, 6.07) is 10.5. The van der Waals surface area contributed by atoms with Gasteiger partial charge in [-0.1, -0.05) is 18.2 Å². The molecule has 3 aromatic rings. The van der Waals surface area contributed by atoms with Crippen molar-refractivity contribution >= 4 is 22.5 Å². The van der Waals surface area contributed by atoms with Gasteiger partial charge in [0.05, 0.1) is 23.0 Å². The maximum atomic E-state index is 12.3. The summed E-state index contributed by atoms with van der Waals surface area (Å²) in [4.78, 5) is 12.3. The molecule has 0 aliphatic carbocycles. The third-order valence-electron chi connectivity index (χ3n) is 3.12. The van der Waals surface area contributed by atoms with E-state index in [1.807, 2.05) is 19.1 Å². The van der Waals surface area contributed by atoms with Crippen LogP contribution in [0.4, 0.5) is 5.69 Å². The number of nitrogens with zero attached hydrogens (tertiary/aromatic N) is 1. The largest absolute Gasteiger partial charge is 0.506 e. The van der Waals surface area contributed by atoms with Crippen LogP contribution in [0.25, 0.3) is 10.9 Å². The van der Waals surface area contributed by atoms with Crippen LogP contribution >= 0.6 is 0 Å². The van der Waals surface area contributed by atoms with Gasteiger partial charge in [-0.25, -0.2) is 0 Å². The molecule has 0 fully saturated rings. The molecular formula is C15H13N3O2. The van der Waals surface area contributed by atoms with Crippen molar-refractivity contribution < 1.29 is 9.90 Å². The summed E-state index contributed by atoms with van der Waals surface area (Å²) in [6.45, 7) is 1.87. The van der Waals surface area contributed by atoms with Crippen molar-refractivity contribution in [2.75, 3.05) is 5.32 Å². The zero-order valence-electron chi connectivity index (χ0n) is 10.8. The summed E-state index contributed by atoms with van der Waals surface area (Å²) >= 11 is 0. The van der Waals surface area contributed by atoms with Crippen molar-refractivity contribution in [1.29, 1.82) is 0 Å². The van der Waals surface area contributed by atoms with Crippen LogP contribution in [0.3, 0.4) is 0 Å². The summed E-state index contributed by atoms with van der Waals surface area (Å²) < 4.78 is 0. The van der Waals surface area contributed by atoms with Gasteiger partial charge in [0.1, 0.15) is 5.75 Å². The minimum atomic E-state index is -0.293. The van der Waals surface area contributed by atoms with E-state index in [4.69, 9.17) is 0 Å². The lowest BCUT2D eigenvalue weighted by Gasteiger charge is -2.08. The second-order valence-corrected chi connectivity index (χ2v) is 4.61. The number of aromatic hydroxyl groups is 1. The summed E-state index contributed by atoms with van der Waals surface area (Å²) in [6.07, 6.45) is 1.66. The van der Waals surface area contributed by atoms with Crippen LogP contribution in [0.5, 0.6) is 5.75 Å². The maximum absolute atomic E-state index is 12.3. The van der Waals surface area contributed by atoms with E-state index in [0.717, 1.165) is 10.9 Å². The van der Waals surface area contributed by atoms with E-state index in [9.17, 15) is 9.90 Å². The molecule has 0 saturated heterocycles. The number of phenols is 1. The summed E-state index contributed by atoms with van der Waals surface area (Å²) in [5.74, 6) is -0.242. The molecule has 2 aromatic carbocycles. The molecule has 1 heterocycles. The van der Waals surface area contributed by atoms with Gasteiger partial charge in [-0.15, -0.1) is 0 Å². The zero-order chi connectivity index (χ0) is 14.1. The molecule has 5 heteroatoms. The number of benzene rings is 2. The van der Waals surface area contributed by atoms with Gasteiger partial charge < -0.3 is 10.4 Å². The van der Waals surface area contributed by atoms with Crippen molar-refractivity contribution in [1.82, 2.24) is 10.2 Å². The number of aryl methyl sites for hydroxylation is 1. The van der Waals surface area contributed by atoms with Gasteiger partial charge in [0, 0.05) is 5.39 Å². The molecule has 0 bridgehead atoms. The molecule has 0 spiro atoms. The molecular weight excluding hydrogens is 254 g/mol. The van der Waals surface area contributed by atoms with Gasteiger partial charge in [-0.3, -0.25) is 9.89 Å². The van der Waals surface area contributed by atoms with Crippen LogP contribution in [0.15, 0.2) is 42.6 Å². The van der Waals surface area contributed by atoms with E-state index in [2.05, 4.69) is 15.5 Å². The first kappa shape index (κ1) is 12.2. The summed E-state index contributed by atoms with van der Waals surface area (Å²) in [7, 11) is 0. The van der Waals surface area contributed by atoms with Gasteiger partial charge in [0.15, 0.2) is 0 Å². The molecule has 100 valence electrons. The molecule has 0 atom stereocenters. The first-order valence-corrected chi connectivity index (χ1v) is 6.18. The van der Waals surface area contributed by atoms with Gasteiger partial charge in [0.2, 0.25) is 0 Å². The highest BCUT2D eigenvalue weighted by Gasteiger charge is 2.13. The third kappa shape index (κ3) is 2.09. The highest BCUT2D eigenvalue weighted by atomic mass is 16.3. The van der Waals surface area contributed by atoms with E-state index < -0.39 is 0 Å². The van der Waals surface area contributed by atoms with Gasteiger partial charge in [0.25, 0.3) is 5.91 Å². The Bertz CT molecular complexity index is 793. The quantitative estimate of drug-likeness (QED) is 0.625. The first-order chi connectivity index (χ1) is 9.65. The monoisotopic (exact) mass is 267 g/mol. The van der Waals surface area contributed by atoms with E-state index >= 15 is 0 Å². The number of rotatable bonds is 2. The Morgan fingerprint density at radius 3 is 2.95 bits per heavy atom. The van der Waals surface area contributed by atoms with Crippen molar-refractivity contribution in [3.05, 3.63) is 53.7 Å². The molecule has 0 unspecified atom stereocenters. The standard InChI is InChI=1S/C15H13N3O2/c1-9-5-6-12(13(19)7-9)17-15(20)11-4-2-3-10-8-16-18-14(10)11/h2-8,19H,1H3,(H,16,18)(H,17,20). The van der Waals surface area contributed by atoms with Crippen LogP contribution in [-0.2, 0) is 0 Å². The van der Waals surface area contributed by atoms with Gasteiger partial charge in [-0.2, -0.15) is 5.10 Å². The van der Waals surface area contributed by atoms with Crippen molar-refractivity contribution in [2.24, 2.45) is 0 Å². The molecule has 0 aliphatic rings. The normalized spacial score (nSPS) is 10.7. The fraction of sp³-hybridized carbons (Fsp3) is 0.0667. The zero-order valence-corrected chi connectivity index (χ0v) is 10.8. The average Bonchev–Trinajstić information content (AvgIpc) is 2.90. The number of carbonyl (C=O) groups is 1. The number of aromatic amines is 1. The number of phenolic OH excluding ortho intramolecular Hbond substituents is 1. The van der Waals surface area contributed by atoms with E-state index in [-0.39, 0.29) is 11.7 Å². The molecule has 1 amide bonds. The lowest BCUT2D eigenvalue weighted by atomic mass is 10.1. The average molecular weight is 267 g/mol. The second-order valence-electron chi connectivity index (χ2n) is 4.61. The highest BCUT2D eigenvalue weighted by molar-refractivity contribution is 6.12. The van der Waals surface area contributed by atoms with Crippen LogP contribution < -0.4 is 5.32 Å². The minimum Gasteiger partial charge on any atom is -0.506 e. The predicted molar refractivity (Wildman–Crippen MR) is 76.9 cm³/mol. The molecule has 1 aromatic heterocycles. The Kier molecular flexibility index (Phi) is 2.87. The van der Waals surface area contributed by atoms with Gasteiger partial charge >= 0.3 is 0 Å². The number of hydrogen-bond donors (Lipinski definition) is 3. The number of hydrogen-bond acceptors (Lipinski definition) is 3. The number of para-hydroxylation sites is 1. The predicted octanol–water partition coefficient (Wildman–Crippen LogP) is 2.83. The Balaban J connectivity index is 1.95. The Morgan fingerprint density at radius 1 is 1.30 bits per heavy atom. The van der Waals surface area contributed by atoms with Crippen molar-refractivity contribution in [3.63, 3.8) is 0 Å². The molecule has 0 saturated carbocycles. The Morgan fingerprint density at radius 2 is 2.15 bits per heavy atom. The fourth-order valence-corrected chi connectivity index (χ4v) is 2.10. The molecule has 3 N–H and O–H groups in total.